The number of nitrogens with zero attached hydrogens (tertiary/aromatic N) is 4. The van der Waals surface area contributed by atoms with Crippen molar-refractivity contribution < 1.29 is 23.0 Å². The first-order valence-corrected chi connectivity index (χ1v) is 11.8. The Morgan fingerprint density at radius 3 is 2.74 bits per heavy atom. The van der Waals surface area contributed by atoms with Gasteiger partial charge in [0.05, 0.1) is 18.2 Å². The van der Waals surface area contributed by atoms with Gasteiger partial charge in [-0.2, -0.15) is 0 Å². The molecule has 2 aromatic rings. The molecule has 1 aromatic heterocycles. The number of rotatable bonds is 6. The molecule has 34 heavy (non-hydrogen) atoms. The summed E-state index contributed by atoms with van der Waals surface area (Å²) < 4.78 is 40.5. The number of hydrogen-bond donors (Lipinski definition) is 0. The van der Waals surface area contributed by atoms with E-state index in [4.69, 9.17) is 9.47 Å². The van der Waals surface area contributed by atoms with Crippen molar-refractivity contribution in [3.8, 4) is 5.75 Å². The second kappa shape index (κ2) is 10.00. The predicted molar refractivity (Wildman–Crippen MR) is 124 cm³/mol. The average molecular weight is 477 g/mol. The van der Waals surface area contributed by atoms with E-state index in [9.17, 15) is 13.6 Å². The first-order valence-electron chi connectivity index (χ1n) is 11.8. The molecule has 2 aliphatic heterocycles. The summed E-state index contributed by atoms with van der Waals surface area (Å²) in [6.07, 6.45) is 2.53. The smallest absolute Gasteiger partial charge is 0.255 e. The van der Waals surface area contributed by atoms with Crippen LogP contribution in [-0.2, 0) is 11.8 Å². The number of aromatic nitrogens is 2. The maximum atomic E-state index is 13.2. The number of likely N-dealkylation sites (tertiary alicyclic amines) is 1. The van der Waals surface area contributed by atoms with Crippen LogP contribution in [0.1, 0.15) is 54.4 Å². The molecule has 0 radical (unpaired) electrons. The molecule has 1 aromatic carbocycles. The van der Waals surface area contributed by atoms with Gasteiger partial charge in [-0.3, -0.25) is 9.69 Å². The lowest BCUT2D eigenvalue weighted by molar-refractivity contribution is -0.160. The monoisotopic (exact) mass is 476 g/mol. The first-order chi connectivity index (χ1) is 16.2. The third-order valence-corrected chi connectivity index (χ3v) is 6.66. The molecule has 2 atom stereocenters. The Balaban J connectivity index is 1.45. The van der Waals surface area contributed by atoms with E-state index < -0.39 is 12.0 Å². The highest BCUT2D eigenvalue weighted by atomic mass is 19.3. The molecule has 0 N–H and O–H groups in total. The Labute approximate surface area is 199 Å². The number of benzene rings is 1. The minimum absolute atomic E-state index is 0.00842. The fourth-order valence-corrected chi connectivity index (χ4v) is 5.13. The zero-order valence-electron chi connectivity index (χ0n) is 20.3. The van der Waals surface area contributed by atoms with Gasteiger partial charge < -0.3 is 18.9 Å². The van der Waals surface area contributed by atoms with Gasteiger partial charge in [0, 0.05) is 50.6 Å². The number of ether oxygens (including phenoxy) is 2. The Bertz CT molecular complexity index is 1000. The van der Waals surface area contributed by atoms with Crippen LogP contribution in [0.3, 0.4) is 0 Å². The van der Waals surface area contributed by atoms with Gasteiger partial charge in [0.25, 0.3) is 12.3 Å². The average Bonchev–Trinajstić information content (AvgIpc) is 3.20. The summed E-state index contributed by atoms with van der Waals surface area (Å²) in [6.45, 7) is 7.16. The lowest BCUT2D eigenvalue weighted by Crippen LogP contribution is -2.58. The molecular weight excluding hydrogens is 442 g/mol. The van der Waals surface area contributed by atoms with E-state index in [2.05, 4.69) is 4.98 Å². The molecule has 0 saturated carbocycles. The molecule has 3 heterocycles. The van der Waals surface area contributed by atoms with Crippen molar-refractivity contribution >= 4 is 5.91 Å². The molecule has 7 nitrogen and oxygen atoms in total. The first kappa shape index (κ1) is 24.6. The van der Waals surface area contributed by atoms with E-state index in [1.807, 2.05) is 50.7 Å². The topological polar surface area (TPSA) is 59.8 Å². The Hall–Kier alpha value is -2.52. The number of amides is 1. The summed E-state index contributed by atoms with van der Waals surface area (Å²) in [7, 11) is 1.92. The van der Waals surface area contributed by atoms with Crippen LogP contribution in [0.2, 0.25) is 0 Å². The van der Waals surface area contributed by atoms with E-state index in [0.29, 0.717) is 38.0 Å². The highest BCUT2D eigenvalue weighted by Crippen LogP contribution is 2.39. The van der Waals surface area contributed by atoms with Crippen LogP contribution in [0.25, 0.3) is 0 Å². The fraction of sp³-hybridized carbons (Fsp3) is 0.600. The molecule has 2 aliphatic rings. The molecule has 2 fully saturated rings. The summed E-state index contributed by atoms with van der Waals surface area (Å²) in [5.41, 5.74) is 0.912. The maximum absolute atomic E-state index is 13.2. The van der Waals surface area contributed by atoms with Crippen molar-refractivity contribution in [3.05, 3.63) is 47.5 Å². The molecule has 0 bridgehead atoms. The van der Waals surface area contributed by atoms with E-state index in [1.54, 1.807) is 22.1 Å². The lowest BCUT2D eigenvalue weighted by Gasteiger charge is -2.49. The molecule has 1 spiro atoms. The molecule has 9 heteroatoms. The number of piperidine rings is 1. The van der Waals surface area contributed by atoms with Crippen LogP contribution in [0.4, 0.5) is 8.78 Å². The van der Waals surface area contributed by atoms with E-state index in [-0.39, 0.29) is 31.2 Å². The third kappa shape index (κ3) is 5.41. The second-order valence-corrected chi connectivity index (χ2v) is 9.80. The van der Waals surface area contributed by atoms with Gasteiger partial charge in [-0.25, -0.2) is 13.8 Å². The lowest BCUT2D eigenvalue weighted by atomic mass is 9.81. The maximum Gasteiger partial charge on any atom is 0.255 e. The molecule has 2 saturated heterocycles. The zero-order chi connectivity index (χ0) is 24.5. The van der Waals surface area contributed by atoms with Gasteiger partial charge in [0.1, 0.15) is 18.3 Å². The minimum atomic E-state index is -2.41. The molecule has 2 unspecified atom stereocenters. The highest BCUT2D eigenvalue weighted by Gasteiger charge is 2.45. The van der Waals surface area contributed by atoms with Crippen molar-refractivity contribution in [2.75, 3.05) is 32.9 Å². The Kier molecular flexibility index (Phi) is 7.23. The highest BCUT2D eigenvalue weighted by molar-refractivity contribution is 5.94. The summed E-state index contributed by atoms with van der Waals surface area (Å²) >= 11 is 0. The number of carbonyl (C=O) groups is 1. The standard InChI is InChI=1S/C25H34F2N4O3/c1-17(2)34-21-6-5-19(11-18(21)3)24(32)31-9-7-25(33-16-31)12-20(23-28-8-10-29(23)4)13-30(15-25)14-22(26)27/h5-6,8,10-11,17,20,22H,7,9,12-16H2,1-4H3. The second-order valence-electron chi connectivity index (χ2n) is 9.80. The third-order valence-electron chi connectivity index (χ3n) is 6.66. The van der Waals surface area contributed by atoms with Gasteiger partial charge >= 0.3 is 0 Å². The molecule has 0 aliphatic carbocycles. The van der Waals surface area contributed by atoms with Crippen LogP contribution in [-0.4, -0.2) is 76.3 Å². The number of halogens is 2. The van der Waals surface area contributed by atoms with Gasteiger partial charge in [-0.05, 0) is 57.4 Å². The number of imidazole rings is 1. The summed E-state index contributed by atoms with van der Waals surface area (Å²) in [5.74, 6) is 1.53. The minimum Gasteiger partial charge on any atom is -0.491 e. The zero-order valence-corrected chi connectivity index (χ0v) is 20.3. The summed E-state index contributed by atoms with van der Waals surface area (Å²) in [5, 5.41) is 0. The van der Waals surface area contributed by atoms with Crippen molar-refractivity contribution in [3.63, 3.8) is 0 Å². The number of carbonyl (C=O) groups excluding carboxylic acids is 1. The van der Waals surface area contributed by atoms with Gasteiger partial charge in [-0.1, -0.05) is 0 Å². The predicted octanol–water partition coefficient (Wildman–Crippen LogP) is 3.83. The molecular formula is C25H34F2N4O3. The van der Waals surface area contributed by atoms with Gasteiger partial charge in [-0.15, -0.1) is 0 Å². The quantitative estimate of drug-likeness (QED) is 0.634. The molecule has 1 amide bonds. The SMILES string of the molecule is Cc1cc(C(=O)N2CCC3(CC(c4nccn4C)CN(CC(F)F)C3)OC2)ccc1OC(C)C. The van der Waals surface area contributed by atoms with E-state index >= 15 is 0 Å². The van der Waals surface area contributed by atoms with Crippen LogP contribution in [0, 0.1) is 6.92 Å². The number of aryl methyl sites for hydroxylation is 2. The summed E-state index contributed by atoms with van der Waals surface area (Å²) in [4.78, 5) is 21.1. The molecule has 186 valence electrons. The van der Waals surface area contributed by atoms with Gasteiger partial charge in [0.15, 0.2) is 0 Å². The molecule has 4 rings (SSSR count). The normalized spacial score (nSPS) is 23.8. The largest absolute Gasteiger partial charge is 0.491 e. The van der Waals surface area contributed by atoms with Crippen molar-refractivity contribution in [1.82, 2.24) is 19.4 Å². The van der Waals surface area contributed by atoms with E-state index in [1.165, 1.54) is 0 Å². The van der Waals surface area contributed by atoms with Crippen LogP contribution in [0.5, 0.6) is 5.75 Å². The van der Waals surface area contributed by atoms with Crippen LogP contribution < -0.4 is 4.74 Å². The van der Waals surface area contributed by atoms with Gasteiger partial charge in [0.2, 0.25) is 0 Å². The van der Waals surface area contributed by atoms with Crippen molar-refractivity contribution in [1.29, 1.82) is 0 Å². The Morgan fingerprint density at radius 1 is 1.35 bits per heavy atom. The van der Waals surface area contributed by atoms with Crippen molar-refractivity contribution in [2.45, 2.75) is 57.7 Å². The Morgan fingerprint density at radius 2 is 2.15 bits per heavy atom. The van der Waals surface area contributed by atoms with Crippen molar-refractivity contribution in [2.24, 2.45) is 7.05 Å². The summed E-state index contributed by atoms with van der Waals surface area (Å²) in [6, 6.07) is 5.45. The fourth-order valence-electron chi connectivity index (χ4n) is 5.13. The van der Waals surface area contributed by atoms with Crippen LogP contribution >= 0.6 is 0 Å². The van der Waals surface area contributed by atoms with E-state index in [0.717, 1.165) is 17.1 Å². The van der Waals surface area contributed by atoms with Crippen LogP contribution in [0.15, 0.2) is 30.6 Å². The number of hydrogen-bond acceptors (Lipinski definition) is 5. The number of alkyl halides is 2.